The van der Waals surface area contributed by atoms with Crippen LogP contribution in [0.1, 0.15) is 25.7 Å². The maximum absolute atomic E-state index is 13.1. The summed E-state index contributed by atoms with van der Waals surface area (Å²) in [6, 6.07) is 5.03. The molecule has 1 aliphatic heterocycles. The van der Waals surface area contributed by atoms with E-state index in [-0.39, 0.29) is 36.2 Å². The van der Waals surface area contributed by atoms with E-state index >= 15 is 0 Å². The quantitative estimate of drug-likeness (QED) is 0.782. The fourth-order valence-corrected chi connectivity index (χ4v) is 4.62. The molecule has 144 valence electrons. The largest absolute Gasteiger partial charge is 0.336 e. The summed E-state index contributed by atoms with van der Waals surface area (Å²) in [4.78, 5) is 27.0. The highest BCUT2D eigenvalue weighted by Crippen LogP contribution is 2.44. The van der Waals surface area contributed by atoms with E-state index < -0.39 is 0 Å². The molecule has 1 heterocycles. The number of amides is 2. The summed E-state index contributed by atoms with van der Waals surface area (Å²) in [5, 5.41) is 6.83. The molecule has 2 fully saturated rings. The zero-order valence-electron chi connectivity index (χ0n) is 14.7. The number of likely N-dealkylation sites (N-methyl/N-ethyl adjacent to an activating group) is 1. The number of fused-ring (bicyclic) bond motifs is 1. The van der Waals surface area contributed by atoms with Gasteiger partial charge in [0.1, 0.15) is 0 Å². The van der Waals surface area contributed by atoms with Gasteiger partial charge in [0.05, 0.1) is 27.7 Å². The Morgan fingerprint density at radius 2 is 2.00 bits per heavy atom. The molecule has 1 aromatic rings. The van der Waals surface area contributed by atoms with Gasteiger partial charge in [-0.2, -0.15) is 0 Å². The SMILES string of the molecule is CN(CC(=O)Nc1c(Cl)cccc1Cl)C(=O)[C@@]12CCCC[C@H]1CNC2.Cl. The van der Waals surface area contributed by atoms with Crippen LogP contribution in [-0.2, 0) is 9.59 Å². The van der Waals surface area contributed by atoms with E-state index in [1.165, 1.54) is 11.3 Å². The number of halogens is 3. The lowest BCUT2D eigenvalue weighted by Gasteiger charge is -2.39. The molecule has 0 bridgehead atoms. The van der Waals surface area contributed by atoms with E-state index in [9.17, 15) is 9.59 Å². The van der Waals surface area contributed by atoms with Gasteiger partial charge in [0, 0.05) is 13.6 Å². The van der Waals surface area contributed by atoms with Crippen LogP contribution in [0.4, 0.5) is 5.69 Å². The molecule has 2 N–H and O–H groups in total. The molecule has 1 aliphatic carbocycles. The second kappa shape index (κ2) is 8.79. The van der Waals surface area contributed by atoms with E-state index in [1.54, 1.807) is 25.2 Å². The van der Waals surface area contributed by atoms with Crippen LogP contribution in [0.3, 0.4) is 0 Å². The first kappa shape index (κ1) is 21.3. The summed E-state index contributed by atoms with van der Waals surface area (Å²) in [7, 11) is 1.69. The molecule has 5 nitrogen and oxygen atoms in total. The summed E-state index contributed by atoms with van der Waals surface area (Å²) in [6.45, 7) is 1.58. The molecule has 8 heteroatoms. The second-order valence-corrected chi connectivity index (χ2v) is 7.85. The molecule has 0 unspecified atom stereocenters. The van der Waals surface area contributed by atoms with Crippen molar-refractivity contribution in [2.24, 2.45) is 11.3 Å². The lowest BCUT2D eigenvalue weighted by molar-refractivity contribution is -0.145. The fraction of sp³-hybridized carbons (Fsp3) is 0.556. The van der Waals surface area contributed by atoms with Crippen molar-refractivity contribution in [2.45, 2.75) is 25.7 Å². The van der Waals surface area contributed by atoms with E-state index in [0.29, 0.717) is 28.2 Å². The first-order chi connectivity index (χ1) is 11.9. The van der Waals surface area contributed by atoms with Gasteiger partial charge < -0.3 is 15.5 Å². The maximum Gasteiger partial charge on any atom is 0.244 e. The van der Waals surface area contributed by atoms with Gasteiger partial charge in [-0.1, -0.05) is 42.1 Å². The van der Waals surface area contributed by atoms with Crippen molar-refractivity contribution in [1.82, 2.24) is 10.2 Å². The Kier molecular flexibility index (Phi) is 7.19. The monoisotopic (exact) mass is 419 g/mol. The topological polar surface area (TPSA) is 61.4 Å². The molecule has 1 saturated heterocycles. The van der Waals surface area contributed by atoms with Crippen molar-refractivity contribution < 1.29 is 9.59 Å². The lowest BCUT2D eigenvalue weighted by atomic mass is 9.67. The van der Waals surface area contributed by atoms with Gasteiger partial charge in [-0.15, -0.1) is 12.4 Å². The van der Waals surface area contributed by atoms with Gasteiger partial charge in [-0.25, -0.2) is 0 Å². The third kappa shape index (κ3) is 4.11. The van der Waals surface area contributed by atoms with Crippen molar-refractivity contribution in [3.63, 3.8) is 0 Å². The molecule has 1 aromatic carbocycles. The maximum atomic E-state index is 13.1. The summed E-state index contributed by atoms with van der Waals surface area (Å²) >= 11 is 12.2. The van der Waals surface area contributed by atoms with Crippen LogP contribution >= 0.6 is 35.6 Å². The first-order valence-corrected chi connectivity index (χ1v) is 9.40. The van der Waals surface area contributed by atoms with Crippen LogP contribution in [0.15, 0.2) is 18.2 Å². The number of para-hydroxylation sites is 1. The summed E-state index contributed by atoms with van der Waals surface area (Å²) in [6.07, 6.45) is 4.22. The van der Waals surface area contributed by atoms with Crippen molar-refractivity contribution in [3.8, 4) is 0 Å². The van der Waals surface area contributed by atoms with Crippen LogP contribution in [0.25, 0.3) is 0 Å². The van der Waals surface area contributed by atoms with Gasteiger partial charge in [-0.05, 0) is 37.4 Å². The van der Waals surface area contributed by atoms with E-state index in [2.05, 4.69) is 10.6 Å². The second-order valence-electron chi connectivity index (χ2n) is 7.04. The molecular formula is C18H24Cl3N3O2. The Morgan fingerprint density at radius 1 is 1.31 bits per heavy atom. The van der Waals surface area contributed by atoms with Crippen molar-refractivity contribution >= 4 is 53.1 Å². The van der Waals surface area contributed by atoms with Gasteiger partial charge in [0.25, 0.3) is 0 Å². The van der Waals surface area contributed by atoms with Crippen molar-refractivity contribution in [2.75, 3.05) is 32.0 Å². The molecule has 2 amide bonds. The van der Waals surface area contributed by atoms with Gasteiger partial charge in [0.15, 0.2) is 0 Å². The van der Waals surface area contributed by atoms with Gasteiger partial charge in [0.2, 0.25) is 11.8 Å². The average Bonchev–Trinajstić information content (AvgIpc) is 3.02. The predicted octanol–water partition coefficient (Wildman–Crippen LogP) is 3.59. The molecule has 2 aliphatic rings. The van der Waals surface area contributed by atoms with E-state index in [4.69, 9.17) is 23.2 Å². The molecular weight excluding hydrogens is 397 g/mol. The lowest BCUT2D eigenvalue weighted by Crippen LogP contribution is -2.50. The minimum Gasteiger partial charge on any atom is -0.336 e. The Hall–Kier alpha value is -1.01. The number of hydrogen-bond acceptors (Lipinski definition) is 3. The standard InChI is InChI=1S/C18H23Cl2N3O2.ClH/c1-23(10-15(24)22-16-13(19)6-4-7-14(16)20)17(25)18-8-3-2-5-12(18)9-21-11-18;/h4,6-7,12,21H,2-3,5,8-11H2,1H3,(H,22,24);1H/t12-,18+;/m0./s1. The van der Waals surface area contributed by atoms with E-state index in [1.807, 2.05) is 0 Å². The summed E-state index contributed by atoms with van der Waals surface area (Å²) in [5.41, 5.74) is 0.0305. The number of rotatable bonds is 4. The number of nitrogens with zero attached hydrogens (tertiary/aromatic N) is 1. The highest BCUT2D eigenvalue weighted by atomic mass is 35.5. The molecule has 3 rings (SSSR count). The Bertz CT molecular complexity index is 665. The van der Waals surface area contributed by atoms with Crippen LogP contribution in [-0.4, -0.2) is 43.4 Å². The molecule has 1 saturated carbocycles. The molecule has 0 aromatic heterocycles. The fourth-order valence-electron chi connectivity index (χ4n) is 4.13. The first-order valence-electron chi connectivity index (χ1n) is 8.64. The molecule has 2 atom stereocenters. The van der Waals surface area contributed by atoms with Crippen LogP contribution < -0.4 is 10.6 Å². The summed E-state index contributed by atoms with van der Waals surface area (Å²) in [5.74, 6) is 0.125. The summed E-state index contributed by atoms with van der Waals surface area (Å²) < 4.78 is 0. The van der Waals surface area contributed by atoms with Crippen LogP contribution in [0.2, 0.25) is 10.0 Å². The predicted molar refractivity (Wildman–Crippen MR) is 107 cm³/mol. The van der Waals surface area contributed by atoms with Gasteiger partial charge >= 0.3 is 0 Å². The van der Waals surface area contributed by atoms with Crippen LogP contribution in [0.5, 0.6) is 0 Å². The highest BCUT2D eigenvalue weighted by Gasteiger charge is 2.51. The number of nitrogens with one attached hydrogen (secondary N) is 2. The smallest absolute Gasteiger partial charge is 0.244 e. The van der Waals surface area contributed by atoms with Crippen molar-refractivity contribution in [1.29, 1.82) is 0 Å². The Labute approximate surface area is 170 Å². The number of benzene rings is 1. The Morgan fingerprint density at radius 3 is 2.69 bits per heavy atom. The molecule has 0 spiro atoms. The number of hydrogen-bond donors (Lipinski definition) is 2. The number of carbonyl (C=O) groups is 2. The third-order valence-corrected chi connectivity index (χ3v) is 6.05. The number of anilines is 1. The number of carbonyl (C=O) groups excluding carboxylic acids is 2. The van der Waals surface area contributed by atoms with Crippen molar-refractivity contribution in [3.05, 3.63) is 28.2 Å². The highest BCUT2D eigenvalue weighted by molar-refractivity contribution is 6.39. The minimum atomic E-state index is -0.352. The van der Waals surface area contributed by atoms with Gasteiger partial charge in [-0.3, -0.25) is 9.59 Å². The average molecular weight is 421 g/mol. The Balaban J connectivity index is 0.00000243. The van der Waals surface area contributed by atoms with Crippen LogP contribution in [0, 0.1) is 11.3 Å². The zero-order valence-corrected chi connectivity index (χ0v) is 17.0. The third-order valence-electron chi connectivity index (χ3n) is 5.42. The molecule has 0 radical (unpaired) electrons. The molecule has 26 heavy (non-hydrogen) atoms. The zero-order chi connectivity index (χ0) is 18.0. The van der Waals surface area contributed by atoms with E-state index in [0.717, 1.165) is 25.8 Å². The normalized spacial score (nSPS) is 24.3. The minimum absolute atomic E-state index is 0.